The predicted octanol–water partition coefficient (Wildman–Crippen LogP) is 0.717. The van der Waals surface area contributed by atoms with Gasteiger partial charge in [0.15, 0.2) is 0 Å². The molecule has 0 spiro atoms. The van der Waals surface area contributed by atoms with Crippen molar-refractivity contribution in [1.29, 1.82) is 0 Å². The van der Waals surface area contributed by atoms with Crippen LogP contribution in [0, 0.1) is 23.7 Å². The maximum Gasteiger partial charge on any atom is 0.310 e. The molecule has 1 fully saturated rings. The molecule has 0 aromatic carbocycles. The summed E-state index contributed by atoms with van der Waals surface area (Å²) in [7, 11) is 0. The van der Waals surface area contributed by atoms with E-state index < -0.39 is 47.5 Å². The number of ether oxygens (including phenoxy) is 4. The fourth-order valence-electron chi connectivity index (χ4n) is 2.87. The smallest absolute Gasteiger partial charge is 0.310 e. The number of carbonyl (C=O) groups is 4. The number of rotatable bonds is 8. The molecule has 24 heavy (non-hydrogen) atoms. The first-order chi connectivity index (χ1) is 11.4. The Bertz CT molecular complexity index is 390. The van der Waals surface area contributed by atoms with E-state index in [2.05, 4.69) is 0 Å². The lowest BCUT2D eigenvalue weighted by atomic mass is 9.56. The minimum Gasteiger partial charge on any atom is -0.466 e. The first-order valence-electron chi connectivity index (χ1n) is 8.10. The van der Waals surface area contributed by atoms with Crippen molar-refractivity contribution in [3.63, 3.8) is 0 Å². The Hall–Kier alpha value is -2.12. The molecule has 136 valence electrons. The quantitative estimate of drug-likeness (QED) is 0.468. The van der Waals surface area contributed by atoms with Crippen LogP contribution in [0.25, 0.3) is 0 Å². The lowest BCUT2D eigenvalue weighted by Crippen LogP contribution is -2.61. The summed E-state index contributed by atoms with van der Waals surface area (Å²) in [6, 6.07) is 0. The Morgan fingerprint density at radius 3 is 0.792 bits per heavy atom. The molecule has 0 bridgehead atoms. The molecule has 0 radical (unpaired) electrons. The first-order valence-corrected chi connectivity index (χ1v) is 8.10. The number of hydrogen-bond acceptors (Lipinski definition) is 8. The summed E-state index contributed by atoms with van der Waals surface area (Å²) in [5.41, 5.74) is 0. The van der Waals surface area contributed by atoms with Gasteiger partial charge in [0, 0.05) is 0 Å². The Morgan fingerprint density at radius 2 is 0.667 bits per heavy atom. The van der Waals surface area contributed by atoms with Crippen molar-refractivity contribution in [1.82, 2.24) is 0 Å². The Kier molecular flexibility index (Phi) is 7.67. The van der Waals surface area contributed by atoms with Crippen LogP contribution in [0.1, 0.15) is 27.7 Å². The second-order valence-electron chi connectivity index (χ2n) is 5.11. The van der Waals surface area contributed by atoms with Gasteiger partial charge in [-0.15, -0.1) is 0 Å². The second kappa shape index (κ2) is 9.24. The molecule has 0 saturated heterocycles. The van der Waals surface area contributed by atoms with Crippen LogP contribution < -0.4 is 0 Å². The van der Waals surface area contributed by atoms with E-state index in [0.717, 1.165) is 0 Å². The molecule has 0 heterocycles. The van der Waals surface area contributed by atoms with E-state index >= 15 is 0 Å². The zero-order chi connectivity index (χ0) is 18.3. The standard InChI is InChI=1S/C16H24O8/c1-5-21-13(17)9-10(14(18)22-6-2)12(16(20)24-8-4)11(9)15(19)23-7-3/h9-12H,5-8H2,1-4H3. The van der Waals surface area contributed by atoms with Crippen molar-refractivity contribution in [2.45, 2.75) is 27.7 Å². The van der Waals surface area contributed by atoms with Crippen molar-refractivity contribution in [3.8, 4) is 0 Å². The van der Waals surface area contributed by atoms with Gasteiger partial charge < -0.3 is 18.9 Å². The van der Waals surface area contributed by atoms with Crippen LogP contribution in [0.5, 0.6) is 0 Å². The van der Waals surface area contributed by atoms with Crippen LogP contribution in [-0.4, -0.2) is 50.3 Å². The molecular formula is C16H24O8. The third kappa shape index (κ3) is 4.04. The molecule has 0 unspecified atom stereocenters. The lowest BCUT2D eigenvalue weighted by Gasteiger charge is -2.45. The van der Waals surface area contributed by atoms with Gasteiger partial charge in [0.2, 0.25) is 0 Å². The van der Waals surface area contributed by atoms with Gasteiger partial charge in [0.05, 0.1) is 50.1 Å². The number of esters is 4. The largest absolute Gasteiger partial charge is 0.466 e. The van der Waals surface area contributed by atoms with Gasteiger partial charge >= 0.3 is 23.9 Å². The SMILES string of the molecule is CCOC(=O)C1C(C(=O)OCC)C(C(=O)OCC)C1C(=O)OCC. The molecule has 1 saturated carbocycles. The maximum absolute atomic E-state index is 12.2. The zero-order valence-corrected chi connectivity index (χ0v) is 14.4. The second-order valence-corrected chi connectivity index (χ2v) is 5.11. The summed E-state index contributed by atoms with van der Waals surface area (Å²) in [5, 5.41) is 0. The number of hydrogen-bond donors (Lipinski definition) is 0. The van der Waals surface area contributed by atoms with Gasteiger partial charge in [0.25, 0.3) is 0 Å². The van der Waals surface area contributed by atoms with Crippen LogP contribution in [0.2, 0.25) is 0 Å². The third-order valence-electron chi connectivity index (χ3n) is 3.78. The van der Waals surface area contributed by atoms with Gasteiger partial charge in [-0.05, 0) is 27.7 Å². The van der Waals surface area contributed by atoms with E-state index in [1.807, 2.05) is 0 Å². The highest BCUT2D eigenvalue weighted by Gasteiger charge is 2.65. The summed E-state index contributed by atoms with van der Waals surface area (Å²) in [5.74, 6) is -7.36. The van der Waals surface area contributed by atoms with Crippen LogP contribution in [0.15, 0.2) is 0 Å². The topological polar surface area (TPSA) is 105 Å². The summed E-state index contributed by atoms with van der Waals surface area (Å²) in [4.78, 5) is 48.8. The summed E-state index contributed by atoms with van der Waals surface area (Å²) in [6.45, 7) is 6.79. The molecule has 0 aliphatic heterocycles. The highest BCUT2D eigenvalue weighted by atomic mass is 16.6. The molecule has 1 aliphatic carbocycles. The van der Waals surface area contributed by atoms with E-state index in [4.69, 9.17) is 18.9 Å². The Balaban J connectivity index is 3.16. The van der Waals surface area contributed by atoms with Crippen molar-refractivity contribution in [2.24, 2.45) is 23.7 Å². The minimum absolute atomic E-state index is 0.0878. The van der Waals surface area contributed by atoms with Crippen molar-refractivity contribution < 1.29 is 38.1 Å². The molecule has 8 heteroatoms. The van der Waals surface area contributed by atoms with Crippen LogP contribution >= 0.6 is 0 Å². The molecule has 0 N–H and O–H groups in total. The molecule has 1 rings (SSSR count). The Morgan fingerprint density at radius 1 is 0.500 bits per heavy atom. The molecule has 1 aliphatic rings. The van der Waals surface area contributed by atoms with Gasteiger partial charge in [-0.2, -0.15) is 0 Å². The maximum atomic E-state index is 12.2. The normalized spacial score (nSPS) is 25.2. The summed E-state index contributed by atoms with van der Waals surface area (Å²) >= 11 is 0. The van der Waals surface area contributed by atoms with E-state index in [1.54, 1.807) is 27.7 Å². The zero-order valence-electron chi connectivity index (χ0n) is 14.4. The van der Waals surface area contributed by atoms with Gasteiger partial charge in [-0.25, -0.2) is 0 Å². The molecule has 0 aromatic rings. The van der Waals surface area contributed by atoms with Gasteiger partial charge in [-0.1, -0.05) is 0 Å². The van der Waals surface area contributed by atoms with Gasteiger partial charge in [0.1, 0.15) is 0 Å². The summed E-state index contributed by atoms with van der Waals surface area (Å²) in [6.07, 6.45) is 0. The van der Waals surface area contributed by atoms with Crippen molar-refractivity contribution in [3.05, 3.63) is 0 Å². The van der Waals surface area contributed by atoms with E-state index in [1.165, 1.54) is 0 Å². The van der Waals surface area contributed by atoms with E-state index in [0.29, 0.717) is 0 Å². The van der Waals surface area contributed by atoms with Crippen LogP contribution in [0.3, 0.4) is 0 Å². The minimum atomic E-state index is -1.11. The average molecular weight is 344 g/mol. The fraction of sp³-hybridized carbons (Fsp3) is 0.750. The van der Waals surface area contributed by atoms with Crippen molar-refractivity contribution in [2.75, 3.05) is 26.4 Å². The fourth-order valence-corrected chi connectivity index (χ4v) is 2.87. The molecule has 0 aromatic heterocycles. The average Bonchev–Trinajstić information content (AvgIpc) is 2.47. The van der Waals surface area contributed by atoms with Crippen LogP contribution in [-0.2, 0) is 38.1 Å². The third-order valence-corrected chi connectivity index (χ3v) is 3.78. The predicted molar refractivity (Wildman–Crippen MR) is 80.5 cm³/mol. The van der Waals surface area contributed by atoms with Gasteiger partial charge in [-0.3, -0.25) is 19.2 Å². The molecular weight excluding hydrogens is 320 g/mol. The molecule has 0 amide bonds. The molecule has 8 nitrogen and oxygen atoms in total. The Labute approximate surface area is 140 Å². The number of carbonyl (C=O) groups excluding carboxylic acids is 4. The van der Waals surface area contributed by atoms with Crippen molar-refractivity contribution >= 4 is 23.9 Å². The lowest BCUT2D eigenvalue weighted by molar-refractivity contribution is -0.199. The molecule has 0 atom stereocenters. The first kappa shape index (κ1) is 19.9. The highest BCUT2D eigenvalue weighted by Crippen LogP contribution is 2.49. The monoisotopic (exact) mass is 344 g/mol. The summed E-state index contributed by atoms with van der Waals surface area (Å²) < 4.78 is 19.8. The van der Waals surface area contributed by atoms with Crippen LogP contribution in [0.4, 0.5) is 0 Å². The van der Waals surface area contributed by atoms with E-state index in [-0.39, 0.29) is 26.4 Å². The highest BCUT2D eigenvalue weighted by molar-refractivity contribution is 5.97. The van der Waals surface area contributed by atoms with E-state index in [9.17, 15) is 19.2 Å².